The normalized spacial score (nSPS) is 10.8. The number of aryl methyl sites for hydroxylation is 1. The van der Waals surface area contributed by atoms with Crippen molar-refractivity contribution < 1.29 is 9.13 Å². The molecule has 0 unspecified atom stereocenters. The van der Waals surface area contributed by atoms with Gasteiger partial charge in [0.15, 0.2) is 5.11 Å². The molecule has 32 heavy (non-hydrogen) atoms. The Morgan fingerprint density at radius 2 is 1.97 bits per heavy atom. The van der Waals surface area contributed by atoms with Gasteiger partial charge < -0.3 is 19.9 Å². The second-order valence-corrected chi connectivity index (χ2v) is 7.96. The highest BCUT2D eigenvalue weighted by Crippen LogP contribution is 2.27. The minimum Gasteiger partial charge on any atom is -0.497 e. The molecule has 0 aliphatic carbocycles. The highest BCUT2D eigenvalue weighted by atomic mass is 32.1. The van der Waals surface area contributed by atoms with Crippen LogP contribution >= 0.6 is 12.2 Å². The Morgan fingerprint density at radius 1 is 1.16 bits per heavy atom. The average molecular weight is 449 g/mol. The van der Waals surface area contributed by atoms with Gasteiger partial charge in [0, 0.05) is 35.0 Å². The Kier molecular flexibility index (Phi) is 6.66. The van der Waals surface area contributed by atoms with Crippen LogP contribution in [0.3, 0.4) is 0 Å². The topological polar surface area (TPSA) is 53.2 Å². The van der Waals surface area contributed by atoms with Gasteiger partial charge in [0.25, 0.3) is 0 Å². The molecule has 2 aromatic heterocycles. The number of aromatic amines is 1. The molecule has 4 rings (SSSR count). The van der Waals surface area contributed by atoms with Crippen molar-refractivity contribution in [3.63, 3.8) is 0 Å². The number of ether oxygens (including phenoxy) is 1. The molecule has 0 radical (unpaired) electrons. The number of thiocarbonyl (C=S) groups is 1. The molecule has 0 bridgehead atoms. The molecule has 7 heteroatoms. The number of anilines is 1. The standard InChI is InChI=1S/C25H25FN4OS/c1-17-22(23-15-21(31-2)10-11-24(23)28-17)12-14-30(16-20-5-3-4-13-27-20)25(32)29-19-8-6-18(26)7-9-19/h3-11,13,15,28H,12,14,16H2,1-2H3,(H,29,32). The van der Waals surface area contributed by atoms with Crippen LogP contribution < -0.4 is 10.1 Å². The molecule has 2 heterocycles. The molecule has 0 saturated carbocycles. The van der Waals surface area contributed by atoms with Gasteiger partial charge in [-0.25, -0.2) is 4.39 Å². The second kappa shape index (κ2) is 9.78. The van der Waals surface area contributed by atoms with Gasteiger partial charge in [-0.15, -0.1) is 0 Å². The number of pyridine rings is 1. The Bertz CT molecular complexity index is 1210. The fourth-order valence-corrected chi connectivity index (χ4v) is 4.01. The quantitative estimate of drug-likeness (QED) is 0.368. The lowest BCUT2D eigenvalue weighted by Gasteiger charge is -2.26. The molecule has 0 aliphatic heterocycles. The maximum atomic E-state index is 13.3. The summed E-state index contributed by atoms with van der Waals surface area (Å²) in [5.74, 6) is 0.550. The van der Waals surface area contributed by atoms with Crippen molar-refractivity contribution in [3.8, 4) is 5.75 Å². The number of nitrogens with zero attached hydrogens (tertiary/aromatic N) is 2. The largest absolute Gasteiger partial charge is 0.497 e. The van der Waals surface area contributed by atoms with E-state index in [1.54, 1.807) is 25.4 Å². The van der Waals surface area contributed by atoms with Gasteiger partial charge >= 0.3 is 0 Å². The summed E-state index contributed by atoms with van der Waals surface area (Å²) in [5, 5.41) is 4.94. The van der Waals surface area contributed by atoms with E-state index in [1.807, 2.05) is 30.3 Å². The van der Waals surface area contributed by atoms with Crippen LogP contribution in [0.1, 0.15) is 17.0 Å². The minimum absolute atomic E-state index is 0.281. The van der Waals surface area contributed by atoms with Crippen LogP contribution in [0.25, 0.3) is 10.9 Å². The van der Waals surface area contributed by atoms with Gasteiger partial charge in [0.05, 0.1) is 19.3 Å². The van der Waals surface area contributed by atoms with E-state index in [1.165, 1.54) is 17.7 Å². The summed E-state index contributed by atoms with van der Waals surface area (Å²) in [6, 6.07) is 18.1. The van der Waals surface area contributed by atoms with Gasteiger partial charge in [-0.3, -0.25) is 4.98 Å². The fourth-order valence-electron chi connectivity index (χ4n) is 3.73. The SMILES string of the molecule is COc1ccc2[nH]c(C)c(CCN(Cc3ccccn3)C(=S)Nc3ccc(F)cc3)c2c1. The summed E-state index contributed by atoms with van der Waals surface area (Å²) >= 11 is 5.72. The highest BCUT2D eigenvalue weighted by molar-refractivity contribution is 7.80. The van der Waals surface area contributed by atoms with Crippen molar-refractivity contribution in [1.29, 1.82) is 0 Å². The third kappa shape index (κ3) is 5.06. The average Bonchev–Trinajstić information content (AvgIpc) is 3.12. The van der Waals surface area contributed by atoms with Crippen molar-refractivity contribution in [2.45, 2.75) is 19.9 Å². The number of benzene rings is 2. The Morgan fingerprint density at radius 3 is 2.69 bits per heavy atom. The van der Waals surface area contributed by atoms with Crippen molar-refractivity contribution >= 4 is 33.9 Å². The molecule has 0 aliphatic rings. The van der Waals surface area contributed by atoms with Crippen molar-refractivity contribution in [2.75, 3.05) is 19.0 Å². The van der Waals surface area contributed by atoms with E-state index >= 15 is 0 Å². The first kappa shape index (κ1) is 21.8. The van der Waals surface area contributed by atoms with E-state index in [4.69, 9.17) is 17.0 Å². The van der Waals surface area contributed by atoms with Gasteiger partial charge in [-0.1, -0.05) is 6.07 Å². The Balaban J connectivity index is 1.56. The van der Waals surface area contributed by atoms with Gasteiger partial charge in [-0.05, 0) is 85.7 Å². The van der Waals surface area contributed by atoms with Crippen LogP contribution in [-0.4, -0.2) is 33.6 Å². The number of hydrogen-bond acceptors (Lipinski definition) is 3. The highest BCUT2D eigenvalue weighted by Gasteiger charge is 2.15. The molecular weight excluding hydrogens is 423 g/mol. The number of methoxy groups -OCH3 is 1. The number of H-pyrrole nitrogens is 1. The third-order valence-electron chi connectivity index (χ3n) is 5.42. The molecule has 2 aromatic carbocycles. The van der Waals surface area contributed by atoms with Crippen molar-refractivity contribution in [1.82, 2.24) is 14.9 Å². The van der Waals surface area contributed by atoms with Crippen LogP contribution in [0.5, 0.6) is 5.75 Å². The van der Waals surface area contributed by atoms with Crippen LogP contribution in [0.15, 0.2) is 66.9 Å². The first-order valence-corrected chi connectivity index (χ1v) is 10.8. The minimum atomic E-state index is -0.281. The molecule has 2 N–H and O–H groups in total. The molecule has 0 spiro atoms. The number of aromatic nitrogens is 2. The summed E-state index contributed by atoms with van der Waals surface area (Å²) in [6.07, 6.45) is 2.57. The molecule has 164 valence electrons. The number of rotatable bonds is 7. The van der Waals surface area contributed by atoms with Crippen LogP contribution in [-0.2, 0) is 13.0 Å². The van der Waals surface area contributed by atoms with Crippen molar-refractivity contribution in [3.05, 3.63) is 89.6 Å². The lowest BCUT2D eigenvalue weighted by molar-refractivity contribution is 0.415. The summed E-state index contributed by atoms with van der Waals surface area (Å²) < 4.78 is 18.7. The lowest BCUT2D eigenvalue weighted by Crippen LogP contribution is -2.36. The van der Waals surface area contributed by atoms with Gasteiger partial charge in [0.1, 0.15) is 11.6 Å². The first-order chi connectivity index (χ1) is 15.5. The van der Waals surface area contributed by atoms with Crippen LogP contribution in [0, 0.1) is 12.7 Å². The van der Waals surface area contributed by atoms with Crippen LogP contribution in [0.2, 0.25) is 0 Å². The monoisotopic (exact) mass is 448 g/mol. The van der Waals surface area contributed by atoms with Crippen LogP contribution in [0.4, 0.5) is 10.1 Å². The second-order valence-electron chi connectivity index (χ2n) is 7.57. The summed E-state index contributed by atoms with van der Waals surface area (Å²) in [4.78, 5) is 9.99. The fraction of sp³-hybridized carbons (Fsp3) is 0.200. The molecule has 5 nitrogen and oxygen atoms in total. The van der Waals surface area contributed by atoms with Crippen molar-refractivity contribution in [2.24, 2.45) is 0 Å². The number of hydrogen-bond donors (Lipinski definition) is 2. The number of nitrogens with one attached hydrogen (secondary N) is 2. The summed E-state index contributed by atoms with van der Waals surface area (Å²) in [7, 11) is 1.68. The molecule has 0 atom stereocenters. The molecule has 0 amide bonds. The Hall–Kier alpha value is -3.45. The molecule has 0 fully saturated rings. The smallest absolute Gasteiger partial charge is 0.173 e. The number of halogens is 1. The zero-order valence-electron chi connectivity index (χ0n) is 18.1. The molecular formula is C25H25FN4OS. The molecule has 4 aromatic rings. The zero-order chi connectivity index (χ0) is 22.5. The van der Waals surface area contributed by atoms with Gasteiger partial charge in [-0.2, -0.15) is 0 Å². The predicted octanol–water partition coefficient (Wildman–Crippen LogP) is 5.46. The summed E-state index contributed by atoms with van der Waals surface area (Å²) in [6.45, 7) is 3.34. The van der Waals surface area contributed by atoms with E-state index < -0.39 is 0 Å². The van der Waals surface area contributed by atoms with E-state index in [9.17, 15) is 4.39 Å². The zero-order valence-corrected chi connectivity index (χ0v) is 18.9. The lowest BCUT2D eigenvalue weighted by atomic mass is 10.1. The first-order valence-electron chi connectivity index (χ1n) is 10.4. The predicted molar refractivity (Wildman–Crippen MR) is 131 cm³/mol. The number of fused-ring (bicyclic) bond motifs is 1. The van der Waals surface area contributed by atoms with E-state index in [0.29, 0.717) is 18.2 Å². The Labute approximate surface area is 192 Å². The van der Waals surface area contributed by atoms with E-state index in [2.05, 4.69) is 33.2 Å². The summed E-state index contributed by atoms with van der Waals surface area (Å²) in [5.41, 5.74) is 5.11. The molecule has 0 saturated heterocycles. The van der Waals surface area contributed by atoms with E-state index in [-0.39, 0.29) is 5.82 Å². The van der Waals surface area contributed by atoms with E-state index in [0.717, 1.165) is 40.1 Å². The maximum absolute atomic E-state index is 13.3. The van der Waals surface area contributed by atoms with Gasteiger partial charge in [0.2, 0.25) is 0 Å². The third-order valence-corrected chi connectivity index (χ3v) is 5.78. The maximum Gasteiger partial charge on any atom is 0.173 e.